The molecule has 1 aliphatic heterocycles. The highest BCUT2D eigenvalue weighted by molar-refractivity contribution is 7.89. The van der Waals surface area contributed by atoms with Gasteiger partial charge in [-0.15, -0.1) is 0 Å². The Kier molecular flexibility index (Phi) is 6.03. The van der Waals surface area contributed by atoms with Gasteiger partial charge in [0, 0.05) is 38.6 Å². The van der Waals surface area contributed by atoms with E-state index >= 15 is 0 Å². The van der Waals surface area contributed by atoms with Crippen LogP contribution in [0.25, 0.3) is 0 Å². The minimum atomic E-state index is -3.59. The Bertz CT molecular complexity index is 1140. The fraction of sp³-hybridized carbons (Fsp3) is 0.280. The van der Waals surface area contributed by atoms with E-state index in [9.17, 15) is 8.42 Å². The molecule has 0 spiro atoms. The molecule has 3 aromatic rings. The van der Waals surface area contributed by atoms with Gasteiger partial charge in [0.15, 0.2) is 0 Å². The third-order valence-corrected chi connectivity index (χ3v) is 7.33. The average molecular weight is 436 g/mol. The molecule has 0 radical (unpaired) electrons. The van der Waals surface area contributed by atoms with Gasteiger partial charge < -0.3 is 9.80 Å². The molecule has 0 amide bonds. The number of hydrogen-bond donors (Lipinski definition) is 1. The summed E-state index contributed by atoms with van der Waals surface area (Å²) in [6.07, 6.45) is 0.965. The number of fused-ring (bicyclic) bond motifs is 1. The fourth-order valence-corrected chi connectivity index (χ4v) is 5.12. The lowest BCUT2D eigenvalue weighted by atomic mass is 10.0. The normalized spacial score (nSPS) is 14.4. The third kappa shape index (κ3) is 4.60. The van der Waals surface area contributed by atoms with Gasteiger partial charge in [-0.25, -0.2) is 13.1 Å². The van der Waals surface area contributed by atoms with E-state index in [0.717, 1.165) is 29.8 Å². The van der Waals surface area contributed by atoms with E-state index in [1.54, 1.807) is 12.1 Å². The lowest BCUT2D eigenvalue weighted by Crippen LogP contribution is -2.37. The fourth-order valence-electron chi connectivity index (χ4n) is 4.08. The van der Waals surface area contributed by atoms with E-state index in [1.165, 1.54) is 11.3 Å². The molecule has 162 valence electrons. The highest BCUT2D eigenvalue weighted by Crippen LogP contribution is 2.35. The first kappa shape index (κ1) is 21.4. The number of nitrogens with zero attached hydrogens (tertiary/aromatic N) is 2. The van der Waals surface area contributed by atoms with Crippen molar-refractivity contribution in [2.45, 2.75) is 24.3 Å². The zero-order valence-corrected chi connectivity index (χ0v) is 19.1. The van der Waals surface area contributed by atoms with E-state index < -0.39 is 10.0 Å². The van der Waals surface area contributed by atoms with Gasteiger partial charge in [-0.3, -0.25) is 0 Å². The topological polar surface area (TPSA) is 52.7 Å². The lowest BCUT2D eigenvalue weighted by molar-refractivity contribution is 0.563. The van der Waals surface area contributed by atoms with Crippen molar-refractivity contribution in [2.75, 3.05) is 37.0 Å². The summed E-state index contributed by atoms with van der Waals surface area (Å²) in [7, 11) is 0.432. The molecule has 4 rings (SSSR count). The molecule has 6 heteroatoms. The van der Waals surface area contributed by atoms with E-state index in [1.807, 2.05) is 39.2 Å². The minimum absolute atomic E-state index is 0.0971. The van der Waals surface area contributed by atoms with Crippen LogP contribution in [0.3, 0.4) is 0 Å². The second-order valence-corrected chi connectivity index (χ2v) is 10.0. The van der Waals surface area contributed by atoms with Crippen LogP contribution in [0.2, 0.25) is 0 Å². The number of aryl methyl sites for hydroxylation is 1. The Morgan fingerprint density at radius 1 is 0.968 bits per heavy atom. The van der Waals surface area contributed by atoms with Crippen LogP contribution in [-0.2, 0) is 16.4 Å². The van der Waals surface area contributed by atoms with Crippen LogP contribution >= 0.6 is 0 Å². The maximum absolute atomic E-state index is 12.9. The van der Waals surface area contributed by atoms with Crippen LogP contribution in [0.15, 0.2) is 77.7 Å². The standard InChI is InChI=1S/C25H29N3O2S/c1-19-8-14-23(15-9-19)31(29,30)26-18-25(21-10-12-22(13-11-21)27(2)3)28-17-16-20-6-4-5-7-24(20)28/h4-15,25-26H,16-18H2,1-3H3. The Balaban J connectivity index is 1.63. The van der Waals surface area contributed by atoms with Gasteiger partial charge in [0.2, 0.25) is 10.0 Å². The maximum atomic E-state index is 12.9. The van der Waals surface area contributed by atoms with Crippen molar-refractivity contribution in [2.24, 2.45) is 0 Å². The molecule has 3 aromatic carbocycles. The summed E-state index contributed by atoms with van der Waals surface area (Å²) in [4.78, 5) is 4.67. The zero-order valence-electron chi connectivity index (χ0n) is 18.2. The molecule has 1 unspecified atom stereocenters. The van der Waals surface area contributed by atoms with Gasteiger partial charge in [0.1, 0.15) is 0 Å². The number of hydrogen-bond acceptors (Lipinski definition) is 4. The van der Waals surface area contributed by atoms with Gasteiger partial charge >= 0.3 is 0 Å². The predicted octanol–water partition coefficient (Wildman–Crippen LogP) is 4.14. The van der Waals surface area contributed by atoms with E-state index in [2.05, 4.69) is 57.0 Å². The molecule has 0 aliphatic carbocycles. The summed E-state index contributed by atoms with van der Waals surface area (Å²) >= 11 is 0. The van der Waals surface area contributed by atoms with Crippen molar-refractivity contribution in [1.82, 2.24) is 4.72 Å². The Morgan fingerprint density at radius 2 is 1.65 bits per heavy atom. The summed E-state index contributed by atoms with van der Waals surface area (Å²) in [6, 6.07) is 23.6. The van der Waals surface area contributed by atoms with Gasteiger partial charge in [0.25, 0.3) is 0 Å². The number of rotatable bonds is 7. The van der Waals surface area contributed by atoms with Gasteiger partial charge in [-0.1, -0.05) is 48.0 Å². The molecule has 0 saturated carbocycles. The molecule has 1 heterocycles. The summed E-state index contributed by atoms with van der Waals surface area (Å²) in [5.74, 6) is 0. The number of benzene rings is 3. The van der Waals surface area contributed by atoms with Crippen LogP contribution < -0.4 is 14.5 Å². The number of anilines is 2. The summed E-state index contributed by atoms with van der Waals surface area (Å²) in [6.45, 7) is 3.11. The average Bonchev–Trinajstić information content (AvgIpc) is 3.18. The van der Waals surface area contributed by atoms with Crippen molar-refractivity contribution in [1.29, 1.82) is 0 Å². The molecule has 31 heavy (non-hydrogen) atoms. The molecule has 0 bridgehead atoms. The van der Waals surface area contributed by atoms with Crippen LogP contribution in [0.5, 0.6) is 0 Å². The highest BCUT2D eigenvalue weighted by atomic mass is 32.2. The van der Waals surface area contributed by atoms with Crippen LogP contribution in [-0.4, -0.2) is 35.6 Å². The first-order valence-corrected chi connectivity index (χ1v) is 12.0. The number of sulfonamides is 1. The van der Waals surface area contributed by atoms with Crippen molar-refractivity contribution < 1.29 is 8.42 Å². The molecule has 0 fully saturated rings. The molecule has 1 aliphatic rings. The van der Waals surface area contributed by atoms with E-state index in [4.69, 9.17) is 0 Å². The van der Waals surface area contributed by atoms with Crippen LogP contribution in [0, 0.1) is 6.92 Å². The second-order valence-electron chi connectivity index (χ2n) is 8.24. The first-order valence-electron chi connectivity index (χ1n) is 10.5. The van der Waals surface area contributed by atoms with Crippen molar-refractivity contribution >= 4 is 21.4 Å². The van der Waals surface area contributed by atoms with Gasteiger partial charge in [-0.2, -0.15) is 0 Å². The Hall–Kier alpha value is -2.83. The van der Waals surface area contributed by atoms with E-state index in [-0.39, 0.29) is 6.04 Å². The summed E-state index contributed by atoms with van der Waals surface area (Å²) in [5.41, 5.74) is 5.72. The SMILES string of the molecule is Cc1ccc(S(=O)(=O)NCC(c2ccc(N(C)C)cc2)N2CCc3ccccc32)cc1. The van der Waals surface area contributed by atoms with Crippen molar-refractivity contribution in [3.63, 3.8) is 0 Å². The van der Waals surface area contributed by atoms with Gasteiger partial charge in [-0.05, 0) is 54.8 Å². The predicted molar refractivity (Wildman–Crippen MR) is 127 cm³/mol. The van der Waals surface area contributed by atoms with Crippen LogP contribution in [0.4, 0.5) is 11.4 Å². The molecule has 5 nitrogen and oxygen atoms in total. The second kappa shape index (κ2) is 8.73. The summed E-state index contributed by atoms with van der Waals surface area (Å²) in [5, 5.41) is 0. The lowest BCUT2D eigenvalue weighted by Gasteiger charge is -2.31. The molecular formula is C25H29N3O2S. The molecule has 0 aromatic heterocycles. The minimum Gasteiger partial charge on any atom is -0.378 e. The Morgan fingerprint density at radius 3 is 2.32 bits per heavy atom. The maximum Gasteiger partial charge on any atom is 0.240 e. The smallest absolute Gasteiger partial charge is 0.240 e. The zero-order chi connectivity index (χ0) is 22.0. The van der Waals surface area contributed by atoms with Gasteiger partial charge in [0.05, 0.1) is 10.9 Å². The molecular weight excluding hydrogens is 406 g/mol. The summed E-state index contributed by atoms with van der Waals surface area (Å²) < 4.78 is 28.8. The van der Waals surface area contributed by atoms with E-state index in [0.29, 0.717) is 11.4 Å². The van der Waals surface area contributed by atoms with Crippen molar-refractivity contribution in [3.8, 4) is 0 Å². The number of para-hydroxylation sites is 1. The first-order chi connectivity index (χ1) is 14.8. The Labute approximate surface area is 185 Å². The molecule has 1 atom stereocenters. The highest BCUT2D eigenvalue weighted by Gasteiger charge is 2.28. The molecule has 1 N–H and O–H groups in total. The van der Waals surface area contributed by atoms with Crippen LogP contribution in [0.1, 0.15) is 22.7 Å². The number of nitrogens with one attached hydrogen (secondary N) is 1. The monoisotopic (exact) mass is 435 g/mol. The molecule has 0 saturated heterocycles. The largest absolute Gasteiger partial charge is 0.378 e. The third-order valence-electron chi connectivity index (χ3n) is 5.89. The van der Waals surface area contributed by atoms with Crippen molar-refractivity contribution in [3.05, 3.63) is 89.5 Å². The quantitative estimate of drug-likeness (QED) is 0.606.